The third-order valence-electron chi connectivity index (χ3n) is 4.59. The standard InChI is InChI=1S/C18H31N5O5/c1-11(21-13(3)25)17(27)22-14(7-4-5-9-20-12(2)24)18(28)23-10-6-8-15(23)16(19)26/h11,14-15H,4-10H2,1-3H3,(H2,19,26)(H,20,24)(H,21,25)(H,22,27)/t11-,14-,15-/m0/s1. The predicted octanol–water partition coefficient (Wildman–Crippen LogP) is -1.22. The van der Waals surface area contributed by atoms with Crippen LogP contribution in [0, 0.1) is 0 Å². The zero-order valence-corrected chi connectivity index (χ0v) is 16.7. The van der Waals surface area contributed by atoms with Crippen molar-refractivity contribution >= 4 is 29.5 Å². The van der Waals surface area contributed by atoms with Crippen LogP contribution in [0.3, 0.4) is 0 Å². The van der Waals surface area contributed by atoms with Crippen LogP contribution in [0.5, 0.6) is 0 Å². The Balaban J connectivity index is 2.77. The minimum atomic E-state index is -0.832. The van der Waals surface area contributed by atoms with Gasteiger partial charge in [-0.05, 0) is 39.0 Å². The first-order chi connectivity index (χ1) is 13.1. The molecule has 1 heterocycles. The van der Waals surface area contributed by atoms with Gasteiger partial charge in [-0.3, -0.25) is 24.0 Å². The molecule has 5 N–H and O–H groups in total. The lowest BCUT2D eigenvalue weighted by atomic mass is 10.1. The zero-order valence-electron chi connectivity index (χ0n) is 16.7. The van der Waals surface area contributed by atoms with Gasteiger partial charge in [-0.15, -0.1) is 0 Å². The van der Waals surface area contributed by atoms with Gasteiger partial charge in [0.25, 0.3) is 0 Å². The lowest BCUT2D eigenvalue weighted by molar-refractivity contribution is -0.141. The molecule has 10 heteroatoms. The summed E-state index contributed by atoms with van der Waals surface area (Å²) >= 11 is 0. The number of nitrogens with one attached hydrogen (secondary N) is 3. The van der Waals surface area contributed by atoms with E-state index in [0.717, 1.165) is 0 Å². The van der Waals surface area contributed by atoms with Gasteiger partial charge >= 0.3 is 0 Å². The maximum atomic E-state index is 13.0. The van der Waals surface area contributed by atoms with Gasteiger partial charge in [-0.1, -0.05) is 0 Å². The number of likely N-dealkylation sites (tertiary alicyclic amines) is 1. The third kappa shape index (κ3) is 7.53. The predicted molar refractivity (Wildman–Crippen MR) is 102 cm³/mol. The van der Waals surface area contributed by atoms with Crippen LogP contribution < -0.4 is 21.7 Å². The van der Waals surface area contributed by atoms with Crippen LogP contribution in [-0.2, 0) is 24.0 Å². The summed E-state index contributed by atoms with van der Waals surface area (Å²) in [5.41, 5.74) is 5.39. The summed E-state index contributed by atoms with van der Waals surface area (Å²) in [6, 6.07) is -2.29. The Bertz CT molecular complexity index is 609. The van der Waals surface area contributed by atoms with E-state index in [-0.39, 0.29) is 17.7 Å². The van der Waals surface area contributed by atoms with Crippen LogP contribution in [-0.4, -0.2) is 65.7 Å². The smallest absolute Gasteiger partial charge is 0.245 e. The fourth-order valence-corrected chi connectivity index (χ4v) is 3.19. The number of hydrogen-bond donors (Lipinski definition) is 4. The molecule has 0 aromatic rings. The lowest BCUT2D eigenvalue weighted by Crippen LogP contribution is -2.55. The van der Waals surface area contributed by atoms with Crippen molar-refractivity contribution in [3.63, 3.8) is 0 Å². The average Bonchev–Trinajstić information content (AvgIpc) is 3.08. The largest absolute Gasteiger partial charge is 0.368 e. The van der Waals surface area contributed by atoms with E-state index < -0.39 is 29.9 Å². The van der Waals surface area contributed by atoms with Gasteiger partial charge in [0, 0.05) is 26.9 Å². The van der Waals surface area contributed by atoms with Crippen LogP contribution in [0.4, 0.5) is 0 Å². The lowest BCUT2D eigenvalue weighted by Gasteiger charge is -2.28. The number of unbranched alkanes of at least 4 members (excludes halogenated alkanes) is 1. The molecule has 5 amide bonds. The first kappa shape index (κ1) is 23.4. The van der Waals surface area contributed by atoms with E-state index in [2.05, 4.69) is 16.0 Å². The molecule has 0 bridgehead atoms. The minimum absolute atomic E-state index is 0.133. The highest BCUT2D eigenvalue weighted by Gasteiger charge is 2.36. The molecule has 28 heavy (non-hydrogen) atoms. The SMILES string of the molecule is CC(=O)NCCCC[C@H](NC(=O)[C@H](C)NC(C)=O)C(=O)N1CCC[C@H]1C(N)=O. The summed E-state index contributed by atoms with van der Waals surface area (Å²) in [5.74, 6) is -1.89. The summed E-state index contributed by atoms with van der Waals surface area (Å²) in [4.78, 5) is 60.4. The quantitative estimate of drug-likeness (QED) is 0.341. The number of amides is 5. The molecule has 0 spiro atoms. The Morgan fingerprint density at radius 1 is 1.07 bits per heavy atom. The van der Waals surface area contributed by atoms with Crippen LogP contribution >= 0.6 is 0 Å². The van der Waals surface area contributed by atoms with Crippen LogP contribution in [0.1, 0.15) is 52.9 Å². The Morgan fingerprint density at radius 2 is 1.75 bits per heavy atom. The monoisotopic (exact) mass is 397 g/mol. The highest BCUT2D eigenvalue weighted by Crippen LogP contribution is 2.19. The second-order valence-electron chi connectivity index (χ2n) is 7.05. The molecule has 1 fully saturated rings. The van der Waals surface area contributed by atoms with Crippen molar-refractivity contribution in [2.75, 3.05) is 13.1 Å². The minimum Gasteiger partial charge on any atom is -0.368 e. The molecular formula is C18H31N5O5. The average molecular weight is 397 g/mol. The molecule has 1 rings (SSSR count). The van der Waals surface area contributed by atoms with Gasteiger partial charge in [0.05, 0.1) is 0 Å². The molecule has 0 aliphatic carbocycles. The van der Waals surface area contributed by atoms with Gasteiger partial charge in [0.15, 0.2) is 0 Å². The van der Waals surface area contributed by atoms with E-state index in [4.69, 9.17) is 5.73 Å². The van der Waals surface area contributed by atoms with E-state index in [1.165, 1.54) is 25.7 Å². The fraction of sp³-hybridized carbons (Fsp3) is 0.722. The fourth-order valence-electron chi connectivity index (χ4n) is 3.19. The topological polar surface area (TPSA) is 151 Å². The van der Waals surface area contributed by atoms with Gasteiger partial charge in [0.2, 0.25) is 29.5 Å². The van der Waals surface area contributed by atoms with E-state index >= 15 is 0 Å². The Labute approximate surface area is 164 Å². The molecule has 3 atom stereocenters. The van der Waals surface area contributed by atoms with Crippen LogP contribution in [0.25, 0.3) is 0 Å². The van der Waals surface area contributed by atoms with Gasteiger partial charge in [-0.25, -0.2) is 0 Å². The molecule has 0 aromatic heterocycles. The number of nitrogens with two attached hydrogens (primary N) is 1. The van der Waals surface area contributed by atoms with E-state index in [1.807, 2.05) is 0 Å². The zero-order chi connectivity index (χ0) is 21.3. The van der Waals surface area contributed by atoms with Crippen molar-refractivity contribution in [2.45, 2.75) is 71.0 Å². The Morgan fingerprint density at radius 3 is 2.32 bits per heavy atom. The summed E-state index contributed by atoms with van der Waals surface area (Å²) in [6.45, 7) is 5.13. The number of primary amides is 1. The highest BCUT2D eigenvalue weighted by atomic mass is 16.2. The summed E-state index contributed by atoms with van der Waals surface area (Å²) in [5, 5.41) is 7.82. The first-order valence-corrected chi connectivity index (χ1v) is 9.55. The molecule has 0 aromatic carbocycles. The van der Waals surface area contributed by atoms with Crippen molar-refractivity contribution in [2.24, 2.45) is 5.73 Å². The molecule has 158 valence electrons. The highest BCUT2D eigenvalue weighted by molar-refractivity contribution is 5.94. The maximum Gasteiger partial charge on any atom is 0.245 e. The number of rotatable bonds is 10. The second kappa shape index (κ2) is 11.3. The van der Waals surface area contributed by atoms with Gasteiger partial charge in [-0.2, -0.15) is 0 Å². The van der Waals surface area contributed by atoms with Crippen molar-refractivity contribution in [3.8, 4) is 0 Å². The number of nitrogens with zero attached hydrogens (tertiary/aromatic N) is 1. The Kier molecular flexibility index (Phi) is 9.40. The van der Waals surface area contributed by atoms with Crippen LogP contribution in [0.2, 0.25) is 0 Å². The number of carbonyl (C=O) groups is 5. The Hall–Kier alpha value is -2.65. The maximum absolute atomic E-state index is 13.0. The van der Waals surface area contributed by atoms with E-state index in [1.54, 1.807) is 0 Å². The molecule has 0 saturated carbocycles. The normalized spacial score (nSPS) is 18.1. The summed E-state index contributed by atoms with van der Waals surface area (Å²) in [7, 11) is 0. The summed E-state index contributed by atoms with van der Waals surface area (Å²) in [6.07, 6.45) is 2.75. The molecule has 0 unspecified atom stereocenters. The summed E-state index contributed by atoms with van der Waals surface area (Å²) < 4.78 is 0. The van der Waals surface area contributed by atoms with Gasteiger partial charge in [0.1, 0.15) is 18.1 Å². The molecule has 1 saturated heterocycles. The van der Waals surface area contributed by atoms with E-state index in [9.17, 15) is 24.0 Å². The molecular weight excluding hydrogens is 366 g/mol. The van der Waals surface area contributed by atoms with Crippen molar-refractivity contribution in [3.05, 3.63) is 0 Å². The van der Waals surface area contributed by atoms with E-state index in [0.29, 0.717) is 45.2 Å². The number of carbonyl (C=O) groups excluding carboxylic acids is 5. The number of hydrogen-bond acceptors (Lipinski definition) is 5. The second-order valence-corrected chi connectivity index (χ2v) is 7.05. The molecule has 10 nitrogen and oxygen atoms in total. The van der Waals surface area contributed by atoms with Crippen LogP contribution in [0.15, 0.2) is 0 Å². The molecule has 1 aliphatic heterocycles. The third-order valence-corrected chi connectivity index (χ3v) is 4.59. The van der Waals surface area contributed by atoms with Crippen molar-refractivity contribution in [1.29, 1.82) is 0 Å². The van der Waals surface area contributed by atoms with Crippen molar-refractivity contribution < 1.29 is 24.0 Å². The van der Waals surface area contributed by atoms with Crippen molar-refractivity contribution in [1.82, 2.24) is 20.9 Å². The molecule has 0 radical (unpaired) electrons. The first-order valence-electron chi connectivity index (χ1n) is 9.55. The molecule has 1 aliphatic rings. The van der Waals surface area contributed by atoms with Gasteiger partial charge < -0.3 is 26.6 Å².